The maximum absolute atomic E-state index is 11.8. The predicted octanol–water partition coefficient (Wildman–Crippen LogP) is -1.41. The van der Waals surface area contributed by atoms with Gasteiger partial charge in [-0.1, -0.05) is 0 Å². The molecule has 7 nitrogen and oxygen atoms in total. The number of carbonyl (C=O) groups excluding carboxylic acids is 1. The molecule has 1 heterocycles. The van der Waals surface area contributed by atoms with Gasteiger partial charge < -0.3 is 21.5 Å². The molecule has 0 spiro atoms. The Hall–Kier alpha value is -1.18. The zero-order chi connectivity index (χ0) is 14.1. The summed E-state index contributed by atoms with van der Waals surface area (Å²) >= 11 is 0. The number of hydrogen-bond acceptors (Lipinski definition) is 5. The molecule has 0 saturated carbocycles. The first kappa shape index (κ1) is 15.9. The molecule has 0 unspecified atom stereocenters. The zero-order valence-electron chi connectivity index (χ0n) is 11.2. The Bertz CT molecular complexity index is 293. The maximum Gasteiger partial charge on any atom is 0.326 e. The Morgan fingerprint density at radius 3 is 2.58 bits per heavy atom. The Balaban J connectivity index is 2.31. The SMILES string of the molecule is NCCCC[C@H](NC(=O)CN1CCNCC1)C(=O)O. The third-order valence-electron chi connectivity index (χ3n) is 3.16. The summed E-state index contributed by atoms with van der Waals surface area (Å²) in [7, 11) is 0. The second-order valence-corrected chi connectivity index (χ2v) is 4.77. The summed E-state index contributed by atoms with van der Waals surface area (Å²) in [5.74, 6) is -1.20. The van der Waals surface area contributed by atoms with E-state index in [4.69, 9.17) is 10.8 Å². The summed E-state index contributed by atoms with van der Waals surface area (Å²) < 4.78 is 0. The molecule has 0 aliphatic carbocycles. The van der Waals surface area contributed by atoms with Gasteiger partial charge in [-0.25, -0.2) is 4.79 Å². The van der Waals surface area contributed by atoms with Crippen molar-refractivity contribution in [3.05, 3.63) is 0 Å². The molecule has 0 radical (unpaired) electrons. The Morgan fingerprint density at radius 2 is 2.00 bits per heavy atom. The Morgan fingerprint density at radius 1 is 1.32 bits per heavy atom. The third-order valence-corrected chi connectivity index (χ3v) is 3.16. The van der Waals surface area contributed by atoms with Crippen molar-refractivity contribution in [1.82, 2.24) is 15.5 Å². The molecule has 19 heavy (non-hydrogen) atoms. The minimum Gasteiger partial charge on any atom is -0.480 e. The van der Waals surface area contributed by atoms with E-state index in [0.29, 0.717) is 19.4 Å². The van der Waals surface area contributed by atoms with Gasteiger partial charge in [-0.3, -0.25) is 9.69 Å². The van der Waals surface area contributed by atoms with Crippen LogP contribution in [0.25, 0.3) is 0 Å². The fourth-order valence-electron chi connectivity index (χ4n) is 2.06. The van der Waals surface area contributed by atoms with E-state index in [0.717, 1.165) is 32.6 Å². The van der Waals surface area contributed by atoms with Crippen LogP contribution in [0.5, 0.6) is 0 Å². The zero-order valence-corrected chi connectivity index (χ0v) is 11.2. The van der Waals surface area contributed by atoms with Crippen molar-refractivity contribution in [2.75, 3.05) is 39.3 Å². The molecule has 110 valence electrons. The lowest BCUT2D eigenvalue weighted by molar-refractivity contribution is -0.142. The number of hydrogen-bond donors (Lipinski definition) is 4. The second-order valence-electron chi connectivity index (χ2n) is 4.77. The molecule has 1 aliphatic heterocycles. The number of carboxylic acid groups (broad SMARTS) is 1. The molecular formula is C12H24N4O3. The van der Waals surface area contributed by atoms with Crippen molar-refractivity contribution in [3.8, 4) is 0 Å². The average molecular weight is 272 g/mol. The van der Waals surface area contributed by atoms with E-state index in [9.17, 15) is 9.59 Å². The number of unbranched alkanes of at least 4 members (excludes halogenated alkanes) is 1. The van der Waals surface area contributed by atoms with E-state index in [1.807, 2.05) is 4.90 Å². The van der Waals surface area contributed by atoms with Crippen molar-refractivity contribution in [2.45, 2.75) is 25.3 Å². The average Bonchev–Trinajstić information content (AvgIpc) is 2.38. The van der Waals surface area contributed by atoms with Gasteiger partial charge in [0.2, 0.25) is 5.91 Å². The molecular weight excluding hydrogens is 248 g/mol. The third kappa shape index (κ3) is 6.51. The van der Waals surface area contributed by atoms with Gasteiger partial charge in [-0.15, -0.1) is 0 Å². The van der Waals surface area contributed by atoms with Crippen LogP contribution in [-0.2, 0) is 9.59 Å². The highest BCUT2D eigenvalue weighted by Gasteiger charge is 2.21. The standard InChI is InChI=1S/C12H24N4O3/c13-4-2-1-3-10(12(18)19)15-11(17)9-16-7-5-14-6-8-16/h10,14H,1-9,13H2,(H,15,17)(H,18,19)/t10-/m0/s1. The number of rotatable bonds is 8. The maximum atomic E-state index is 11.8. The largest absolute Gasteiger partial charge is 0.480 e. The summed E-state index contributed by atoms with van der Waals surface area (Å²) in [4.78, 5) is 24.9. The summed E-state index contributed by atoms with van der Waals surface area (Å²) in [6.45, 7) is 4.18. The fourth-order valence-corrected chi connectivity index (χ4v) is 2.06. The van der Waals surface area contributed by atoms with Crippen molar-refractivity contribution < 1.29 is 14.7 Å². The molecule has 1 amide bonds. The molecule has 1 aliphatic rings. The lowest BCUT2D eigenvalue weighted by Gasteiger charge is -2.27. The number of nitrogens with two attached hydrogens (primary N) is 1. The molecule has 7 heteroatoms. The van der Waals surface area contributed by atoms with Crippen molar-refractivity contribution in [1.29, 1.82) is 0 Å². The van der Waals surface area contributed by atoms with Crippen molar-refractivity contribution in [3.63, 3.8) is 0 Å². The number of amides is 1. The van der Waals surface area contributed by atoms with E-state index in [1.165, 1.54) is 0 Å². The van der Waals surface area contributed by atoms with Gasteiger partial charge in [-0.05, 0) is 25.8 Å². The lowest BCUT2D eigenvalue weighted by Crippen LogP contribution is -2.50. The summed E-state index contributed by atoms with van der Waals surface area (Å²) in [6, 6.07) is -0.804. The number of aliphatic carboxylic acids is 1. The van der Waals surface area contributed by atoms with E-state index < -0.39 is 12.0 Å². The van der Waals surface area contributed by atoms with Crippen LogP contribution in [0.2, 0.25) is 0 Å². The van der Waals surface area contributed by atoms with Gasteiger partial charge in [0, 0.05) is 26.2 Å². The quantitative estimate of drug-likeness (QED) is 0.404. The molecule has 1 fully saturated rings. The topological polar surface area (TPSA) is 108 Å². The van der Waals surface area contributed by atoms with E-state index >= 15 is 0 Å². The second kappa shape index (κ2) is 8.84. The Kier molecular flexibility index (Phi) is 7.39. The van der Waals surface area contributed by atoms with Gasteiger partial charge >= 0.3 is 5.97 Å². The minimum atomic E-state index is -0.981. The number of carboxylic acids is 1. The van der Waals surface area contributed by atoms with Crippen LogP contribution in [0.1, 0.15) is 19.3 Å². The molecule has 5 N–H and O–H groups in total. The minimum absolute atomic E-state index is 0.220. The van der Waals surface area contributed by atoms with E-state index in [2.05, 4.69) is 10.6 Å². The normalized spacial score (nSPS) is 17.9. The van der Waals surface area contributed by atoms with Crippen LogP contribution >= 0.6 is 0 Å². The first-order valence-corrected chi connectivity index (χ1v) is 6.79. The van der Waals surface area contributed by atoms with E-state index in [1.54, 1.807) is 0 Å². The highest BCUT2D eigenvalue weighted by molar-refractivity contribution is 5.84. The number of nitrogens with one attached hydrogen (secondary N) is 2. The van der Waals surface area contributed by atoms with Crippen molar-refractivity contribution in [2.24, 2.45) is 5.73 Å². The Labute approximate surface area is 113 Å². The lowest BCUT2D eigenvalue weighted by atomic mass is 10.1. The van der Waals surface area contributed by atoms with Crippen LogP contribution in [-0.4, -0.2) is 67.2 Å². The first-order chi connectivity index (χ1) is 9.13. The predicted molar refractivity (Wildman–Crippen MR) is 71.8 cm³/mol. The smallest absolute Gasteiger partial charge is 0.326 e. The number of nitrogens with zero attached hydrogens (tertiary/aromatic N) is 1. The molecule has 0 bridgehead atoms. The molecule has 0 aromatic carbocycles. The molecule has 0 aromatic rings. The van der Waals surface area contributed by atoms with Gasteiger partial charge in [0.05, 0.1) is 6.54 Å². The summed E-state index contributed by atoms with van der Waals surface area (Å²) in [5.41, 5.74) is 5.37. The summed E-state index contributed by atoms with van der Waals surface area (Å²) in [6.07, 6.45) is 1.92. The molecule has 1 atom stereocenters. The number of piperazine rings is 1. The summed E-state index contributed by atoms with van der Waals surface area (Å²) in [5, 5.41) is 14.8. The van der Waals surface area contributed by atoms with Crippen LogP contribution < -0.4 is 16.4 Å². The van der Waals surface area contributed by atoms with Crippen LogP contribution in [0.3, 0.4) is 0 Å². The van der Waals surface area contributed by atoms with Gasteiger partial charge in [0.1, 0.15) is 6.04 Å². The van der Waals surface area contributed by atoms with Crippen LogP contribution in [0.4, 0.5) is 0 Å². The van der Waals surface area contributed by atoms with Gasteiger partial charge in [-0.2, -0.15) is 0 Å². The van der Waals surface area contributed by atoms with Crippen molar-refractivity contribution >= 4 is 11.9 Å². The fraction of sp³-hybridized carbons (Fsp3) is 0.833. The first-order valence-electron chi connectivity index (χ1n) is 6.79. The monoisotopic (exact) mass is 272 g/mol. The molecule has 1 saturated heterocycles. The highest BCUT2D eigenvalue weighted by atomic mass is 16.4. The molecule has 1 rings (SSSR count). The van der Waals surface area contributed by atoms with Gasteiger partial charge in [0.25, 0.3) is 0 Å². The highest BCUT2D eigenvalue weighted by Crippen LogP contribution is 2.01. The van der Waals surface area contributed by atoms with Crippen LogP contribution in [0.15, 0.2) is 0 Å². The number of carbonyl (C=O) groups is 2. The van der Waals surface area contributed by atoms with E-state index in [-0.39, 0.29) is 12.5 Å². The molecule has 0 aromatic heterocycles. The van der Waals surface area contributed by atoms with Crippen LogP contribution in [0, 0.1) is 0 Å². The van der Waals surface area contributed by atoms with Gasteiger partial charge in [0.15, 0.2) is 0 Å².